The third kappa shape index (κ3) is 3.97. The number of benzene rings is 1. The molecule has 126 valence electrons. The number of hydrogen-bond donors (Lipinski definition) is 1. The van der Waals surface area contributed by atoms with Gasteiger partial charge in [-0.1, -0.05) is 0 Å². The summed E-state index contributed by atoms with van der Waals surface area (Å²) < 4.78 is 0. The molecule has 1 saturated heterocycles. The Kier molecular flexibility index (Phi) is 5.89. The van der Waals surface area contributed by atoms with Gasteiger partial charge in [0.05, 0.1) is 10.7 Å². The van der Waals surface area contributed by atoms with E-state index in [0.29, 0.717) is 17.6 Å². The van der Waals surface area contributed by atoms with Gasteiger partial charge in [-0.05, 0) is 36.8 Å². The number of carbonyl (C=O) groups excluding carboxylic acids is 1. The molecule has 1 aromatic carbocycles. The highest BCUT2D eigenvalue weighted by Gasteiger charge is 2.42. The number of hydrogen-bond acceptors (Lipinski definition) is 5. The van der Waals surface area contributed by atoms with Crippen molar-refractivity contribution in [1.29, 1.82) is 0 Å². The van der Waals surface area contributed by atoms with Gasteiger partial charge in [0.25, 0.3) is 5.69 Å². The fraction of sp³-hybridized carbons (Fsp3) is 0.533. The first-order valence-electron chi connectivity index (χ1n) is 7.45. The van der Waals surface area contributed by atoms with Crippen LogP contribution < -0.4 is 5.73 Å². The number of carbonyl (C=O) groups is 1. The zero-order chi connectivity index (χ0) is 15.7. The second kappa shape index (κ2) is 7.51. The highest BCUT2D eigenvalue weighted by molar-refractivity contribution is 8.00. The van der Waals surface area contributed by atoms with Crippen molar-refractivity contribution in [1.82, 2.24) is 4.90 Å². The number of nitrogens with two attached hydrogens (primary N) is 1. The predicted octanol–water partition coefficient (Wildman–Crippen LogP) is 2.30. The molecule has 1 amide bonds. The average molecular weight is 358 g/mol. The summed E-state index contributed by atoms with van der Waals surface area (Å²) >= 11 is 1.42. The Morgan fingerprint density at radius 2 is 2.00 bits per heavy atom. The summed E-state index contributed by atoms with van der Waals surface area (Å²) in [5.41, 5.74) is 6.15. The average Bonchev–Trinajstić information content (AvgIpc) is 3.08. The van der Waals surface area contributed by atoms with Gasteiger partial charge in [0.1, 0.15) is 0 Å². The first-order valence-corrected chi connectivity index (χ1v) is 8.44. The molecule has 3 unspecified atom stereocenters. The van der Waals surface area contributed by atoms with E-state index in [1.165, 1.54) is 23.9 Å². The Bertz CT molecular complexity index is 584. The smallest absolute Gasteiger partial charge is 0.269 e. The maximum absolute atomic E-state index is 12.3. The molecule has 0 bridgehead atoms. The minimum absolute atomic E-state index is 0. The summed E-state index contributed by atoms with van der Waals surface area (Å²) in [6.45, 7) is 1.61. The lowest BCUT2D eigenvalue weighted by Crippen LogP contribution is -2.34. The Hall–Kier alpha value is -1.31. The van der Waals surface area contributed by atoms with Crippen LogP contribution in [0.1, 0.15) is 12.8 Å². The van der Waals surface area contributed by atoms with Crippen LogP contribution in [0.4, 0.5) is 5.69 Å². The summed E-state index contributed by atoms with van der Waals surface area (Å²) in [7, 11) is 0. The van der Waals surface area contributed by atoms with Crippen LogP contribution in [0.25, 0.3) is 0 Å². The van der Waals surface area contributed by atoms with Crippen LogP contribution in [-0.2, 0) is 4.79 Å². The molecule has 0 radical (unpaired) electrons. The predicted molar refractivity (Wildman–Crippen MR) is 91.8 cm³/mol. The van der Waals surface area contributed by atoms with E-state index >= 15 is 0 Å². The maximum Gasteiger partial charge on any atom is 0.269 e. The van der Waals surface area contributed by atoms with E-state index in [9.17, 15) is 14.9 Å². The lowest BCUT2D eigenvalue weighted by Gasteiger charge is -2.18. The standard InChI is InChI=1S/C15H19N3O3S.ClH/c16-14-6-1-10-7-17(8-13(10)14)15(19)9-22-12-4-2-11(3-5-12)18(20)21;/h2-5,10,13-14H,1,6-9,16H2;1H. The monoisotopic (exact) mass is 357 g/mol. The molecule has 1 saturated carbocycles. The van der Waals surface area contributed by atoms with E-state index in [1.807, 2.05) is 4.90 Å². The largest absolute Gasteiger partial charge is 0.341 e. The van der Waals surface area contributed by atoms with Gasteiger partial charge in [-0.15, -0.1) is 24.2 Å². The van der Waals surface area contributed by atoms with Crippen LogP contribution in [0, 0.1) is 22.0 Å². The Morgan fingerprint density at radius 1 is 1.30 bits per heavy atom. The molecule has 3 rings (SSSR count). The molecule has 1 aliphatic heterocycles. The van der Waals surface area contributed by atoms with Crippen molar-refractivity contribution in [3.63, 3.8) is 0 Å². The van der Waals surface area contributed by atoms with Crippen molar-refractivity contribution in [2.24, 2.45) is 17.6 Å². The minimum atomic E-state index is -0.425. The highest BCUT2D eigenvalue weighted by atomic mass is 35.5. The van der Waals surface area contributed by atoms with Crippen LogP contribution >= 0.6 is 24.2 Å². The van der Waals surface area contributed by atoms with Crippen molar-refractivity contribution in [2.45, 2.75) is 23.8 Å². The van der Waals surface area contributed by atoms with Crippen molar-refractivity contribution in [3.05, 3.63) is 34.4 Å². The molecular weight excluding hydrogens is 338 g/mol. The van der Waals surface area contributed by atoms with Gasteiger partial charge >= 0.3 is 0 Å². The zero-order valence-corrected chi connectivity index (χ0v) is 14.2. The number of nitro benzene ring substituents is 1. The van der Waals surface area contributed by atoms with E-state index < -0.39 is 4.92 Å². The van der Waals surface area contributed by atoms with Gasteiger partial charge in [0.2, 0.25) is 5.91 Å². The number of non-ortho nitro benzene ring substituents is 1. The van der Waals surface area contributed by atoms with Crippen LogP contribution in [0.3, 0.4) is 0 Å². The van der Waals surface area contributed by atoms with Crippen LogP contribution in [-0.4, -0.2) is 40.6 Å². The fourth-order valence-corrected chi connectivity index (χ4v) is 4.21. The number of rotatable bonds is 4. The molecule has 0 aromatic heterocycles. The lowest BCUT2D eigenvalue weighted by atomic mass is 9.98. The number of fused-ring (bicyclic) bond motifs is 1. The second-order valence-corrected chi connectivity index (χ2v) is 7.05. The normalized spacial score (nSPS) is 25.8. The van der Waals surface area contributed by atoms with E-state index in [-0.39, 0.29) is 30.0 Å². The van der Waals surface area contributed by atoms with E-state index in [4.69, 9.17) is 5.73 Å². The first-order chi connectivity index (χ1) is 10.5. The van der Waals surface area contributed by atoms with E-state index in [2.05, 4.69) is 0 Å². The summed E-state index contributed by atoms with van der Waals surface area (Å²) in [4.78, 5) is 25.3. The number of halogens is 1. The summed E-state index contributed by atoms with van der Waals surface area (Å²) in [6, 6.07) is 6.54. The summed E-state index contributed by atoms with van der Waals surface area (Å²) in [5.74, 6) is 1.54. The van der Waals surface area contributed by atoms with Gasteiger partial charge in [0, 0.05) is 36.2 Å². The summed E-state index contributed by atoms with van der Waals surface area (Å²) in [6.07, 6.45) is 2.21. The number of likely N-dealkylation sites (tertiary alicyclic amines) is 1. The van der Waals surface area contributed by atoms with Crippen molar-refractivity contribution in [2.75, 3.05) is 18.8 Å². The van der Waals surface area contributed by atoms with Crippen LogP contribution in [0.15, 0.2) is 29.2 Å². The number of thioether (sulfide) groups is 1. The zero-order valence-electron chi connectivity index (χ0n) is 12.6. The van der Waals surface area contributed by atoms with Crippen molar-refractivity contribution < 1.29 is 9.72 Å². The maximum atomic E-state index is 12.3. The molecule has 2 fully saturated rings. The van der Waals surface area contributed by atoms with Crippen LogP contribution in [0.5, 0.6) is 0 Å². The molecular formula is C15H20ClN3O3S. The second-order valence-electron chi connectivity index (χ2n) is 6.00. The fourth-order valence-electron chi connectivity index (χ4n) is 3.41. The van der Waals surface area contributed by atoms with Crippen LogP contribution in [0.2, 0.25) is 0 Å². The van der Waals surface area contributed by atoms with Gasteiger partial charge in [-0.25, -0.2) is 0 Å². The number of amides is 1. The Balaban J connectivity index is 0.00000192. The Labute approximate surface area is 145 Å². The number of nitro groups is 1. The van der Waals surface area contributed by atoms with Crippen molar-refractivity contribution in [3.8, 4) is 0 Å². The molecule has 1 heterocycles. The topological polar surface area (TPSA) is 89.5 Å². The summed E-state index contributed by atoms with van der Waals surface area (Å²) in [5, 5.41) is 10.6. The van der Waals surface area contributed by atoms with Gasteiger partial charge in [-0.2, -0.15) is 0 Å². The molecule has 0 spiro atoms. The SMILES string of the molecule is Cl.NC1CCC2CN(C(=O)CSc3ccc([N+](=O)[O-])cc3)CC12. The van der Waals surface area contributed by atoms with Crippen molar-refractivity contribution >= 4 is 35.8 Å². The van der Waals surface area contributed by atoms with E-state index in [0.717, 1.165) is 30.8 Å². The Morgan fingerprint density at radius 3 is 2.61 bits per heavy atom. The molecule has 2 aliphatic rings. The molecule has 2 N–H and O–H groups in total. The van der Waals surface area contributed by atoms with Gasteiger partial charge < -0.3 is 10.6 Å². The quantitative estimate of drug-likeness (QED) is 0.507. The van der Waals surface area contributed by atoms with Gasteiger partial charge in [0.15, 0.2) is 0 Å². The third-order valence-corrected chi connectivity index (χ3v) is 5.67. The molecule has 23 heavy (non-hydrogen) atoms. The first kappa shape index (κ1) is 18.0. The molecule has 6 nitrogen and oxygen atoms in total. The number of nitrogens with zero attached hydrogens (tertiary/aromatic N) is 2. The van der Waals surface area contributed by atoms with Gasteiger partial charge in [-0.3, -0.25) is 14.9 Å². The molecule has 3 atom stereocenters. The minimum Gasteiger partial charge on any atom is -0.341 e. The van der Waals surface area contributed by atoms with E-state index in [1.54, 1.807) is 12.1 Å². The highest BCUT2D eigenvalue weighted by Crippen LogP contribution is 2.37. The molecule has 8 heteroatoms. The third-order valence-electron chi connectivity index (χ3n) is 4.67. The molecule has 1 aliphatic carbocycles. The molecule has 1 aromatic rings. The lowest BCUT2D eigenvalue weighted by molar-refractivity contribution is -0.384.